The SMILES string of the molecule is CC(CO)(NCC(F)(F)F)c1ccc(Cl)c(Cl)c1. The van der Waals surface area contributed by atoms with Crippen LogP contribution in [0, 0.1) is 0 Å². The topological polar surface area (TPSA) is 32.3 Å². The third-order valence-electron chi connectivity index (χ3n) is 2.55. The van der Waals surface area contributed by atoms with Gasteiger partial charge in [-0.3, -0.25) is 5.32 Å². The first-order chi connectivity index (χ1) is 8.18. The quantitative estimate of drug-likeness (QED) is 0.894. The van der Waals surface area contributed by atoms with Crippen molar-refractivity contribution in [1.82, 2.24) is 5.32 Å². The predicted molar refractivity (Wildman–Crippen MR) is 65.0 cm³/mol. The molecule has 0 radical (unpaired) electrons. The first-order valence-corrected chi connectivity index (χ1v) is 5.82. The summed E-state index contributed by atoms with van der Waals surface area (Å²) in [5.41, 5.74) is -0.798. The average molecular weight is 302 g/mol. The molecule has 1 unspecified atom stereocenters. The molecule has 0 aliphatic rings. The number of aliphatic hydroxyl groups excluding tert-OH is 1. The zero-order valence-electron chi connectivity index (χ0n) is 9.48. The molecule has 0 bridgehead atoms. The van der Waals surface area contributed by atoms with E-state index >= 15 is 0 Å². The van der Waals surface area contributed by atoms with Gasteiger partial charge in [0.1, 0.15) is 0 Å². The highest BCUT2D eigenvalue weighted by atomic mass is 35.5. The van der Waals surface area contributed by atoms with Crippen molar-refractivity contribution in [3.05, 3.63) is 33.8 Å². The predicted octanol–water partition coefficient (Wildman–Crippen LogP) is 3.35. The minimum Gasteiger partial charge on any atom is -0.394 e. The van der Waals surface area contributed by atoms with E-state index < -0.39 is 24.9 Å². The summed E-state index contributed by atoms with van der Waals surface area (Å²) in [4.78, 5) is 0. The van der Waals surface area contributed by atoms with Crippen LogP contribution in [0.25, 0.3) is 0 Å². The Kier molecular flexibility index (Phi) is 4.89. The van der Waals surface area contributed by atoms with Gasteiger partial charge < -0.3 is 5.11 Å². The van der Waals surface area contributed by atoms with E-state index in [-0.39, 0.29) is 5.02 Å². The Balaban J connectivity index is 2.96. The lowest BCUT2D eigenvalue weighted by molar-refractivity contribution is -0.129. The van der Waals surface area contributed by atoms with Crippen molar-refractivity contribution in [2.45, 2.75) is 18.6 Å². The maximum absolute atomic E-state index is 12.2. The number of hydrogen-bond acceptors (Lipinski definition) is 2. The van der Waals surface area contributed by atoms with Gasteiger partial charge in [0.25, 0.3) is 0 Å². The van der Waals surface area contributed by atoms with Crippen LogP contribution >= 0.6 is 23.2 Å². The van der Waals surface area contributed by atoms with Crippen LogP contribution in [0.15, 0.2) is 18.2 Å². The maximum atomic E-state index is 12.2. The number of halogens is 5. The van der Waals surface area contributed by atoms with Gasteiger partial charge in [-0.05, 0) is 24.6 Å². The molecule has 1 rings (SSSR count). The number of nitrogens with one attached hydrogen (secondary N) is 1. The molecule has 102 valence electrons. The van der Waals surface area contributed by atoms with Gasteiger partial charge in [-0.25, -0.2) is 0 Å². The lowest BCUT2D eigenvalue weighted by atomic mass is 9.93. The molecule has 2 N–H and O–H groups in total. The highest BCUT2D eigenvalue weighted by Crippen LogP contribution is 2.29. The van der Waals surface area contributed by atoms with Gasteiger partial charge >= 0.3 is 6.18 Å². The summed E-state index contributed by atoms with van der Waals surface area (Å²) in [6, 6.07) is 4.43. The van der Waals surface area contributed by atoms with E-state index in [1.807, 2.05) is 0 Å². The van der Waals surface area contributed by atoms with Crippen molar-refractivity contribution in [3.63, 3.8) is 0 Å². The van der Waals surface area contributed by atoms with Gasteiger partial charge in [-0.1, -0.05) is 29.3 Å². The van der Waals surface area contributed by atoms with Crippen LogP contribution in [0.3, 0.4) is 0 Å². The number of hydrogen-bond donors (Lipinski definition) is 2. The summed E-state index contributed by atoms with van der Waals surface area (Å²) in [7, 11) is 0. The largest absolute Gasteiger partial charge is 0.401 e. The number of alkyl halides is 3. The van der Waals surface area contributed by atoms with Gasteiger partial charge in [-0.15, -0.1) is 0 Å². The van der Waals surface area contributed by atoms with Crippen molar-refractivity contribution in [2.24, 2.45) is 0 Å². The van der Waals surface area contributed by atoms with Crippen LogP contribution in [-0.4, -0.2) is 24.4 Å². The molecule has 18 heavy (non-hydrogen) atoms. The number of rotatable bonds is 4. The molecule has 0 aliphatic carbocycles. The summed E-state index contributed by atoms with van der Waals surface area (Å²) in [6.45, 7) is -0.246. The third-order valence-corrected chi connectivity index (χ3v) is 3.29. The van der Waals surface area contributed by atoms with Gasteiger partial charge in [-0.2, -0.15) is 13.2 Å². The van der Waals surface area contributed by atoms with Gasteiger partial charge in [0.2, 0.25) is 0 Å². The Bertz CT molecular complexity index is 425. The molecule has 0 aromatic heterocycles. The van der Waals surface area contributed by atoms with Gasteiger partial charge in [0, 0.05) is 0 Å². The summed E-state index contributed by atoms with van der Waals surface area (Å²) in [5, 5.41) is 12.1. The summed E-state index contributed by atoms with van der Waals surface area (Å²) >= 11 is 11.5. The highest BCUT2D eigenvalue weighted by molar-refractivity contribution is 6.42. The molecule has 2 nitrogen and oxygen atoms in total. The maximum Gasteiger partial charge on any atom is 0.401 e. The first kappa shape index (κ1) is 15.6. The second-order valence-electron chi connectivity index (χ2n) is 4.09. The molecule has 1 aromatic rings. The monoisotopic (exact) mass is 301 g/mol. The van der Waals surface area contributed by atoms with Crippen molar-refractivity contribution >= 4 is 23.2 Å². The van der Waals surface area contributed by atoms with E-state index in [2.05, 4.69) is 5.32 Å². The van der Waals surface area contributed by atoms with Crippen LogP contribution in [0.1, 0.15) is 12.5 Å². The van der Waals surface area contributed by atoms with Crippen LogP contribution in [0.4, 0.5) is 13.2 Å². The second kappa shape index (κ2) is 5.65. The summed E-state index contributed by atoms with van der Waals surface area (Å²) in [5.74, 6) is 0. The molecular formula is C11H12Cl2F3NO. The normalized spacial score (nSPS) is 15.5. The second-order valence-corrected chi connectivity index (χ2v) is 4.90. The van der Waals surface area contributed by atoms with Crippen LogP contribution in [0.5, 0.6) is 0 Å². The van der Waals surface area contributed by atoms with Crippen LogP contribution in [-0.2, 0) is 5.54 Å². The standard InChI is InChI=1S/C11H12Cl2F3NO/c1-10(6-18,17-5-11(14,15)16)7-2-3-8(12)9(13)4-7/h2-4,17-18H,5-6H2,1H3. The zero-order chi connectivity index (χ0) is 14.0. The van der Waals surface area contributed by atoms with E-state index in [0.29, 0.717) is 10.6 Å². The first-order valence-electron chi connectivity index (χ1n) is 5.06. The molecule has 0 heterocycles. The summed E-state index contributed by atoms with van der Waals surface area (Å²) < 4.78 is 36.6. The molecule has 0 saturated heterocycles. The molecule has 1 atom stereocenters. The fraction of sp³-hybridized carbons (Fsp3) is 0.455. The number of benzene rings is 1. The Hall–Kier alpha value is -0.490. The van der Waals surface area contributed by atoms with Crippen molar-refractivity contribution in [2.75, 3.05) is 13.2 Å². The molecule has 0 aliphatic heterocycles. The zero-order valence-corrected chi connectivity index (χ0v) is 11.0. The smallest absolute Gasteiger partial charge is 0.394 e. The van der Waals surface area contributed by atoms with Crippen LogP contribution in [0.2, 0.25) is 10.0 Å². The Morgan fingerprint density at radius 1 is 1.22 bits per heavy atom. The Morgan fingerprint density at radius 2 is 1.83 bits per heavy atom. The fourth-order valence-electron chi connectivity index (χ4n) is 1.38. The van der Waals surface area contributed by atoms with Crippen molar-refractivity contribution < 1.29 is 18.3 Å². The molecule has 0 amide bonds. The number of aliphatic hydroxyl groups is 1. The molecule has 0 fully saturated rings. The lowest BCUT2D eigenvalue weighted by Crippen LogP contribution is -2.47. The molecule has 1 aromatic carbocycles. The Morgan fingerprint density at radius 3 is 2.28 bits per heavy atom. The highest BCUT2D eigenvalue weighted by Gasteiger charge is 2.33. The van der Waals surface area contributed by atoms with E-state index in [4.69, 9.17) is 23.2 Å². The Labute approximate surface area is 113 Å². The average Bonchev–Trinajstić information content (AvgIpc) is 2.28. The minimum absolute atomic E-state index is 0.225. The molecular weight excluding hydrogens is 290 g/mol. The fourth-order valence-corrected chi connectivity index (χ4v) is 1.68. The van der Waals surface area contributed by atoms with Crippen molar-refractivity contribution in [3.8, 4) is 0 Å². The third kappa shape index (κ3) is 4.02. The minimum atomic E-state index is -4.35. The lowest BCUT2D eigenvalue weighted by Gasteiger charge is -2.30. The molecule has 0 saturated carbocycles. The van der Waals surface area contributed by atoms with E-state index in [9.17, 15) is 18.3 Å². The van der Waals surface area contributed by atoms with E-state index in [1.165, 1.54) is 25.1 Å². The van der Waals surface area contributed by atoms with E-state index in [0.717, 1.165) is 0 Å². The van der Waals surface area contributed by atoms with Crippen LogP contribution < -0.4 is 5.32 Å². The van der Waals surface area contributed by atoms with Gasteiger partial charge in [0.05, 0.1) is 28.7 Å². The summed E-state index contributed by atoms with van der Waals surface area (Å²) in [6.07, 6.45) is -4.35. The van der Waals surface area contributed by atoms with E-state index in [1.54, 1.807) is 0 Å². The molecule has 0 spiro atoms. The van der Waals surface area contributed by atoms with Crippen molar-refractivity contribution in [1.29, 1.82) is 0 Å². The molecule has 7 heteroatoms. The van der Waals surface area contributed by atoms with Gasteiger partial charge in [0.15, 0.2) is 0 Å².